The average molecular weight is 749 g/mol. The van der Waals surface area contributed by atoms with Gasteiger partial charge in [-0.1, -0.05) is 202 Å². The van der Waals surface area contributed by atoms with Gasteiger partial charge in [0.2, 0.25) is 0 Å². The minimum atomic E-state index is -0.0954. The summed E-state index contributed by atoms with van der Waals surface area (Å²) in [4.78, 5) is 0. The fraction of sp³-hybridized carbons (Fsp3) is 0.0508. The van der Waals surface area contributed by atoms with Crippen molar-refractivity contribution in [3.05, 3.63) is 217 Å². The predicted molar refractivity (Wildman–Crippen MR) is 253 cm³/mol. The maximum absolute atomic E-state index is 2.46. The van der Waals surface area contributed by atoms with Crippen molar-refractivity contribution in [1.29, 1.82) is 0 Å². The first-order valence-corrected chi connectivity index (χ1v) is 20.8. The lowest BCUT2D eigenvalue weighted by Gasteiger charge is -2.23. The van der Waals surface area contributed by atoms with Crippen molar-refractivity contribution >= 4 is 53.9 Å². The van der Waals surface area contributed by atoms with Crippen LogP contribution in [0, 0.1) is 0 Å². The molecule has 0 spiro atoms. The van der Waals surface area contributed by atoms with Crippen molar-refractivity contribution in [2.75, 3.05) is 0 Å². The van der Waals surface area contributed by atoms with Crippen LogP contribution in [0.5, 0.6) is 0 Å². The van der Waals surface area contributed by atoms with Crippen LogP contribution in [-0.4, -0.2) is 0 Å². The summed E-state index contributed by atoms with van der Waals surface area (Å²) in [6, 6.07) is 77.1. The summed E-state index contributed by atoms with van der Waals surface area (Å²) in [6.07, 6.45) is 0. The topological polar surface area (TPSA) is 0 Å². The van der Waals surface area contributed by atoms with E-state index < -0.39 is 0 Å². The Morgan fingerprint density at radius 1 is 0.254 bits per heavy atom. The number of fused-ring (bicyclic) bond motifs is 9. The largest absolute Gasteiger partial charge is 0.0619 e. The maximum Gasteiger partial charge on any atom is 0.0159 e. The van der Waals surface area contributed by atoms with E-state index in [2.05, 4.69) is 220 Å². The molecule has 0 bridgehead atoms. The summed E-state index contributed by atoms with van der Waals surface area (Å²) in [6.45, 7) is 4.76. The first kappa shape index (κ1) is 33.8. The van der Waals surface area contributed by atoms with Crippen molar-refractivity contribution in [3.8, 4) is 55.6 Å². The molecule has 0 atom stereocenters. The number of hydrogen-bond donors (Lipinski definition) is 0. The van der Waals surface area contributed by atoms with Gasteiger partial charge in [0.15, 0.2) is 0 Å². The van der Waals surface area contributed by atoms with Crippen molar-refractivity contribution in [1.82, 2.24) is 0 Å². The van der Waals surface area contributed by atoms with E-state index in [0.29, 0.717) is 0 Å². The van der Waals surface area contributed by atoms with E-state index in [1.165, 1.54) is 121 Å². The minimum Gasteiger partial charge on any atom is -0.0619 e. The lowest BCUT2D eigenvalue weighted by molar-refractivity contribution is 0.660. The van der Waals surface area contributed by atoms with Gasteiger partial charge in [0, 0.05) is 5.41 Å². The Morgan fingerprint density at radius 2 is 0.797 bits per heavy atom. The SMILES string of the molecule is CC1(C)c2ccccc2-c2c(-c3c4ccccc4c(-c4ccc(-c5cc6ccccc6c6ccccc56)cc4)c4ccc(-c5ccc6ccccc6c5)cc34)cccc21. The van der Waals surface area contributed by atoms with Gasteiger partial charge in [0.1, 0.15) is 0 Å². The maximum atomic E-state index is 2.46. The third kappa shape index (κ3) is 5.09. The van der Waals surface area contributed by atoms with Crippen molar-refractivity contribution in [3.63, 3.8) is 0 Å². The molecule has 0 amide bonds. The number of rotatable bonds is 4. The zero-order valence-electron chi connectivity index (χ0n) is 33.1. The first-order valence-electron chi connectivity index (χ1n) is 20.8. The highest BCUT2D eigenvalue weighted by Crippen LogP contribution is 2.55. The molecule has 11 aromatic rings. The Labute approximate surface area is 344 Å². The monoisotopic (exact) mass is 748 g/mol. The summed E-state index contributed by atoms with van der Waals surface area (Å²) in [5, 5.41) is 12.7. The Bertz CT molecular complexity index is 3510. The zero-order valence-corrected chi connectivity index (χ0v) is 33.1. The number of hydrogen-bond acceptors (Lipinski definition) is 0. The number of benzene rings is 11. The Balaban J connectivity index is 1.13. The van der Waals surface area contributed by atoms with Gasteiger partial charge in [0.25, 0.3) is 0 Å². The Morgan fingerprint density at radius 3 is 1.61 bits per heavy atom. The smallest absolute Gasteiger partial charge is 0.0159 e. The van der Waals surface area contributed by atoms with Gasteiger partial charge >= 0.3 is 0 Å². The summed E-state index contributed by atoms with van der Waals surface area (Å²) in [7, 11) is 0. The second-order valence-corrected chi connectivity index (χ2v) is 16.8. The summed E-state index contributed by atoms with van der Waals surface area (Å²) in [5.74, 6) is 0. The molecule has 0 heteroatoms. The van der Waals surface area contributed by atoms with Gasteiger partial charge < -0.3 is 0 Å². The molecule has 0 saturated heterocycles. The van der Waals surface area contributed by atoms with E-state index in [1.807, 2.05) is 0 Å². The molecular weight excluding hydrogens is 709 g/mol. The normalized spacial score (nSPS) is 13.1. The molecule has 0 saturated carbocycles. The zero-order chi connectivity index (χ0) is 39.2. The van der Waals surface area contributed by atoms with Crippen LogP contribution in [0.15, 0.2) is 206 Å². The third-order valence-electron chi connectivity index (χ3n) is 13.2. The van der Waals surface area contributed by atoms with Crippen LogP contribution in [0.4, 0.5) is 0 Å². The molecule has 0 N–H and O–H groups in total. The predicted octanol–water partition coefficient (Wildman–Crippen LogP) is 16.4. The molecule has 0 aliphatic heterocycles. The highest BCUT2D eigenvalue weighted by Gasteiger charge is 2.37. The Hall–Kier alpha value is -7.28. The summed E-state index contributed by atoms with van der Waals surface area (Å²) >= 11 is 0. The summed E-state index contributed by atoms with van der Waals surface area (Å²) < 4.78 is 0. The van der Waals surface area contributed by atoms with Gasteiger partial charge in [-0.25, -0.2) is 0 Å². The van der Waals surface area contributed by atoms with Crippen LogP contribution in [0.3, 0.4) is 0 Å². The van der Waals surface area contributed by atoms with Gasteiger partial charge in [0.05, 0.1) is 0 Å². The standard InChI is InChI=1S/C59H40/c1-59(2)54-24-12-11-22-50(54)58-51(23-13-25-55(58)59)57-48-21-10-9-20-47(48)56(49-33-32-42(35-53(49)57)41-31-26-37-14-3-4-15-40(37)34-41)39-29-27-38(28-30-39)52-36-43-16-5-6-17-44(43)45-18-7-8-19-46(45)52/h3-36H,1-2H3. The lowest BCUT2D eigenvalue weighted by atomic mass is 9.80. The molecule has 276 valence electrons. The lowest BCUT2D eigenvalue weighted by Crippen LogP contribution is -2.14. The van der Waals surface area contributed by atoms with Crippen LogP contribution in [0.1, 0.15) is 25.0 Å². The minimum absolute atomic E-state index is 0.0954. The highest BCUT2D eigenvalue weighted by atomic mass is 14.4. The van der Waals surface area contributed by atoms with E-state index in [0.717, 1.165) is 0 Å². The molecule has 1 aliphatic rings. The van der Waals surface area contributed by atoms with Crippen LogP contribution >= 0.6 is 0 Å². The van der Waals surface area contributed by atoms with Gasteiger partial charge in [-0.05, 0) is 139 Å². The molecule has 0 aromatic heterocycles. The molecular formula is C59H40. The van der Waals surface area contributed by atoms with Gasteiger partial charge in [-0.15, -0.1) is 0 Å². The first-order chi connectivity index (χ1) is 29.0. The van der Waals surface area contributed by atoms with Crippen LogP contribution < -0.4 is 0 Å². The molecule has 0 heterocycles. The van der Waals surface area contributed by atoms with E-state index in [9.17, 15) is 0 Å². The average Bonchev–Trinajstić information content (AvgIpc) is 3.53. The molecule has 12 rings (SSSR count). The molecule has 0 radical (unpaired) electrons. The van der Waals surface area contributed by atoms with Crippen LogP contribution in [0.2, 0.25) is 0 Å². The molecule has 1 aliphatic carbocycles. The van der Waals surface area contributed by atoms with E-state index in [-0.39, 0.29) is 5.41 Å². The summed E-state index contributed by atoms with van der Waals surface area (Å²) in [5.41, 5.74) is 15.4. The highest BCUT2D eigenvalue weighted by molar-refractivity contribution is 6.23. The van der Waals surface area contributed by atoms with Crippen molar-refractivity contribution in [2.45, 2.75) is 19.3 Å². The molecule has 0 fully saturated rings. The van der Waals surface area contributed by atoms with Gasteiger partial charge in [-0.3, -0.25) is 0 Å². The van der Waals surface area contributed by atoms with Crippen LogP contribution in [-0.2, 0) is 5.41 Å². The van der Waals surface area contributed by atoms with Crippen LogP contribution in [0.25, 0.3) is 109 Å². The molecule has 11 aromatic carbocycles. The third-order valence-corrected chi connectivity index (χ3v) is 13.2. The molecule has 59 heavy (non-hydrogen) atoms. The second-order valence-electron chi connectivity index (χ2n) is 16.8. The van der Waals surface area contributed by atoms with Crippen molar-refractivity contribution in [2.24, 2.45) is 0 Å². The molecule has 0 unspecified atom stereocenters. The van der Waals surface area contributed by atoms with Gasteiger partial charge in [-0.2, -0.15) is 0 Å². The van der Waals surface area contributed by atoms with Crippen molar-refractivity contribution < 1.29 is 0 Å². The molecule has 0 nitrogen and oxygen atoms in total. The second kappa shape index (κ2) is 12.9. The fourth-order valence-corrected chi connectivity index (χ4v) is 10.4. The quantitative estimate of drug-likeness (QED) is 0.124. The Kier molecular flexibility index (Phi) is 7.38. The fourth-order valence-electron chi connectivity index (χ4n) is 10.4. The van der Waals surface area contributed by atoms with E-state index in [4.69, 9.17) is 0 Å². The van der Waals surface area contributed by atoms with E-state index in [1.54, 1.807) is 0 Å². The van der Waals surface area contributed by atoms with E-state index >= 15 is 0 Å².